The van der Waals surface area contributed by atoms with Crippen molar-refractivity contribution in [2.45, 2.75) is 134 Å². The number of rotatable bonds is 18. The topological polar surface area (TPSA) is 286 Å². The average molecular weight is 1140 g/mol. The van der Waals surface area contributed by atoms with Crippen molar-refractivity contribution in [3.63, 3.8) is 0 Å². The predicted molar refractivity (Wildman–Crippen MR) is 263 cm³/mol. The first-order valence-electron chi connectivity index (χ1n) is 24.7. The molecule has 4 saturated carbocycles. The van der Waals surface area contributed by atoms with Crippen molar-refractivity contribution < 1.29 is 71.8 Å². The molecule has 4 N–H and O–H groups in total. The van der Waals surface area contributed by atoms with Crippen LogP contribution in [-0.4, -0.2) is 121 Å². The molecule has 8 rings (SSSR count). The van der Waals surface area contributed by atoms with E-state index in [1.807, 2.05) is 12.1 Å². The largest absolute Gasteiger partial charge is 0.417 e. The lowest BCUT2D eigenvalue weighted by atomic mass is 10.0. The van der Waals surface area contributed by atoms with E-state index < -0.39 is 110 Å². The lowest BCUT2D eigenvalue weighted by Crippen LogP contribution is -2.42. The predicted octanol–water partition coefficient (Wildman–Crippen LogP) is 4.89. The first-order valence-corrected chi connectivity index (χ1v) is 27.8. The van der Waals surface area contributed by atoms with E-state index in [2.05, 4.69) is 31.5 Å². The first-order chi connectivity index (χ1) is 36.7. The Kier molecular flexibility index (Phi) is 17.2. The van der Waals surface area contributed by atoms with Crippen LogP contribution in [0.4, 0.5) is 26.3 Å². The Balaban J connectivity index is 0.000000226. The molecule has 4 fully saturated rings. The summed E-state index contributed by atoms with van der Waals surface area (Å²) in [5.41, 5.74) is -3.91. The van der Waals surface area contributed by atoms with Crippen LogP contribution in [0.15, 0.2) is 71.0 Å². The Bertz CT molecular complexity index is 3040. The molecule has 4 aliphatic rings. The monoisotopic (exact) mass is 1130 g/mol. The van der Waals surface area contributed by atoms with E-state index >= 15 is 0 Å². The van der Waals surface area contributed by atoms with Gasteiger partial charge in [-0.2, -0.15) is 47.1 Å². The molecule has 2 aromatic heterocycles. The number of aromatic nitrogens is 4. The van der Waals surface area contributed by atoms with E-state index in [0.29, 0.717) is 38.8 Å². The maximum atomic E-state index is 14.1. The standard InChI is InChI=1S/2C25H28F3N5O5S/c2*1-3-30-22(34)13-33-12-16(11-31-33)15-4-5-21(19(8-15)25(26,27)28)39(36,37)17-9-18(20(10-17)38-2)23(35)32-24(14-29)6-7-24/h2*4-5,8,11-12,17-18,20H,3,6-7,9-10,13H2,1-2H3,(H,30,34)(H,32,35)/t2*17-,18-,20-/m10/s1. The van der Waals surface area contributed by atoms with Crippen LogP contribution in [0.2, 0.25) is 0 Å². The number of nitriles is 2. The van der Waals surface area contributed by atoms with Gasteiger partial charge in [0.2, 0.25) is 23.6 Å². The minimum Gasteiger partial charge on any atom is -0.381 e. The first kappa shape index (κ1) is 58.8. The molecule has 4 aliphatic carbocycles. The molecule has 0 bridgehead atoms. The second-order valence-electron chi connectivity index (χ2n) is 19.6. The summed E-state index contributed by atoms with van der Waals surface area (Å²) in [4.78, 5) is 47.4. The zero-order chi connectivity index (χ0) is 57.2. The minimum absolute atomic E-state index is 0.0769. The summed E-state index contributed by atoms with van der Waals surface area (Å²) in [5, 5.41) is 34.4. The fraction of sp³-hybridized carbons (Fsp3) is 0.520. The van der Waals surface area contributed by atoms with Crippen LogP contribution < -0.4 is 21.3 Å². The number of hydrogen-bond acceptors (Lipinski definition) is 14. The summed E-state index contributed by atoms with van der Waals surface area (Å²) < 4.78 is 152. The Hall–Kier alpha value is -6.88. The summed E-state index contributed by atoms with van der Waals surface area (Å²) in [5.74, 6) is -3.58. The quantitative estimate of drug-likeness (QED) is 0.0966. The number of nitrogens with zero attached hydrogens (tertiary/aromatic N) is 6. The van der Waals surface area contributed by atoms with Crippen LogP contribution in [0, 0.1) is 34.5 Å². The maximum Gasteiger partial charge on any atom is 0.417 e. The lowest BCUT2D eigenvalue weighted by Gasteiger charge is -2.19. The molecule has 4 aromatic rings. The van der Waals surface area contributed by atoms with Gasteiger partial charge in [-0.1, -0.05) is 12.1 Å². The molecule has 0 saturated heterocycles. The molecule has 78 heavy (non-hydrogen) atoms. The lowest BCUT2D eigenvalue weighted by molar-refractivity contribution is -0.140. The van der Waals surface area contributed by atoms with Crippen molar-refractivity contribution in [2.75, 3.05) is 27.3 Å². The van der Waals surface area contributed by atoms with Crippen molar-refractivity contribution in [3.05, 3.63) is 72.3 Å². The Morgan fingerprint density at radius 3 is 1.28 bits per heavy atom. The normalized spacial score (nSPS) is 22.2. The third-order valence-corrected chi connectivity index (χ3v) is 18.7. The van der Waals surface area contributed by atoms with Gasteiger partial charge in [0.25, 0.3) is 0 Å². The van der Waals surface area contributed by atoms with E-state index in [-0.39, 0.29) is 72.8 Å². The van der Waals surface area contributed by atoms with Gasteiger partial charge in [-0.3, -0.25) is 28.5 Å². The van der Waals surface area contributed by atoms with Crippen LogP contribution in [0.1, 0.15) is 76.3 Å². The highest BCUT2D eigenvalue weighted by atomic mass is 32.2. The number of sulfone groups is 2. The molecule has 0 spiro atoms. The summed E-state index contributed by atoms with van der Waals surface area (Å²) in [6.45, 7) is 4.06. The number of halogens is 6. The molecule has 20 nitrogen and oxygen atoms in total. The molecule has 0 radical (unpaired) electrons. The molecule has 2 heterocycles. The molecule has 420 valence electrons. The number of likely N-dealkylation sites (N-methyl/N-ethyl adjacent to an activating group) is 2. The SMILES string of the molecule is CCNC(=O)Cn1cc(-c2ccc(S(=O)(=O)[C@@H]3C[C@H](OC)[C@@H](C(=O)NC4(C#N)CC4)C3)c(C(F)(F)F)c2)cn1.CCNC(=O)Cn1cc(-c2ccc(S(=O)(=O)[C@H]3C[C@@H](OC)[C@H](C(=O)NC4(C#N)CC4)C3)c(C(F)(F)F)c2)cn1. The van der Waals surface area contributed by atoms with E-state index in [4.69, 9.17) is 9.47 Å². The zero-order valence-corrected chi connectivity index (χ0v) is 44.2. The van der Waals surface area contributed by atoms with Gasteiger partial charge in [-0.25, -0.2) is 16.8 Å². The number of methoxy groups -OCH3 is 2. The molecule has 2 aromatic carbocycles. The Morgan fingerprint density at radius 2 is 0.987 bits per heavy atom. The number of hydrogen-bond donors (Lipinski definition) is 4. The van der Waals surface area contributed by atoms with Gasteiger partial charge in [-0.05, 0) is 101 Å². The highest BCUT2D eigenvalue weighted by Crippen LogP contribution is 2.45. The number of alkyl halides is 6. The number of carbonyl (C=O) groups is 4. The maximum absolute atomic E-state index is 14.1. The smallest absolute Gasteiger partial charge is 0.381 e. The van der Waals surface area contributed by atoms with Crippen LogP contribution in [-0.2, 0) is 73.8 Å². The molecule has 6 atom stereocenters. The summed E-state index contributed by atoms with van der Waals surface area (Å²) in [7, 11) is -6.45. The summed E-state index contributed by atoms with van der Waals surface area (Å²) >= 11 is 0. The third-order valence-electron chi connectivity index (χ3n) is 14.2. The van der Waals surface area contributed by atoms with Crippen LogP contribution in [0.3, 0.4) is 0 Å². The van der Waals surface area contributed by atoms with E-state index in [0.717, 1.165) is 24.3 Å². The third kappa shape index (κ3) is 13.0. The Morgan fingerprint density at radius 1 is 0.628 bits per heavy atom. The van der Waals surface area contributed by atoms with Gasteiger partial charge in [0.15, 0.2) is 19.7 Å². The Labute approximate surface area is 445 Å². The second-order valence-corrected chi connectivity index (χ2v) is 24.0. The van der Waals surface area contributed by atoms with E-state index in [9.17, 15) is 72.9 Å². The fourth-order valence-corrected chi connectivity index (χ4v) is 13.6. The summed E-state index contributed by atoms with van der Waals surface area (Å²) in [6.07, 6.45) is -5.14. The van der Waals surface area contributed by atoms with E-state index in [1.54, 1.807) is 13.8 Å². The highest BCUT2D eigenvalue weighted by molar-refractivity contribution is 7.92. The molecule has 28 heteroatoms. The average Bonchev–Trinajstić information content (AvgIpc) is 4.05. The number of benzene rings is 2. The van der Waals surface area contributed by atoms with Gasteiger partial charge in [-0.15, -0.1) is 0 Å². The fourth-order valence-electron chi connectivity index (χ4n) is 9.64. The van der Waals surface area contributed by atoms with Crippen LogP contribution in [0.5, 0.6) is 0 Å². The molecular weight excluding hydrogens is 1080 g/mol. The van der Waals surface area contributed by atoms with Crippen molar-refractivity contribution in [2.24, 2.45) is 11.8 Å². The molecule has 4 amide bonds. The number of nitrogens with one attached hydrogen (secondary N) is 4. The van der Waals surface area contributed by atoms with Gasteiger partial charge >= 0.3 is 12.4 Å². The van der Waals surface area contributed by atoms with Crippen molar-refractivity contribution in [1.82, 2.24) is 40.8 Å². The van der Waals surface area contributed by atoms with Crippen LogP contribution in [0.25, 0.3) is 22.3 Å². The number of ether oxygens (including phenoxy) is 2. The van der Waals surface area contributed by atoms with Crippen molar-refractivity contribution >= 4 is 43.3 Å². The number of carbonyl (C=O) groups excluding carboxylic acids is 4. The van der Waals surface area contributed by atoms with Gasteiger partial charge in [0, 0.05) is 50.8 Å². The number of amides is 4. The van der Waals surface area contributed by atoms with Gasteiger partial charge in [0.05, 0.1) is 80.0 Å². The highest BCUT2D eigenvalue weighted by Gasteiger charge is 2.53. The van der Waals surface area contributed by atoms with Gasteiger partial charge in [0.1, 0.15) is 24.2 Å². The van der Waals surface area contributed by atoms with Crippen molar-refractivity contribution in [3.8, 4) is 34.4 Å². The molecule has 0 aliphatic heterocycles. The molecule has 0 unspecified atom stereocenters. The van der Waals surface area contributed by atoms with Crippen LogP contribution >= 0.6 is 0 Å². The second kappa shape index (κ2) is 22.8. The molecular formula is C50H56F6N10O10S2. The summed E-state index contributed by atoms with van der Waals surface area (Å²) in [6, 6.07) is 9.89. The van der Waals surface area contributed by atoms with Gasteiger partial charge < -0.3 is 30.7 Å². The van der Waals surface area contributed by atoms with Crippen molar-refractivity contribution in [1.29, 1.82) is 10.5 Å². The van der Waals surface area contributed by atoms with E-state index in [1.165, 1.54) is 60.5 Å². The zero-order valence-electron chi connectivity index (χ0n) is 42.6. The minimum atomic E-state index is -4.99.